The minimum Gasteiger partial charge on any atom is -0.268 e. The lowest BCUT2D eigenvalue weighted by Crippen LogP contribution is -2.14. The maximum Gasteiger partial charge on any atom is 0.391 e. The number of hydrogen-bond donors (Lipinski definition) is 0. The van der Waals surface area contributed by atoms with E-state index in [1.165, 1.54) is 0 Å². The van der Waals surface area contributed by atoms with E-state index in [0.717, 1.165) is 0 Å². The van der Waals surface area contributed by atoms with Gasteiger partial charge >= 0.3 is 17.5 Å². The molecule has 0 aromatic carbocycles. The van der Waals surface area contributed by atoms with Crippen molar-refractivity contribution in [3.05, 3.63) is 0 Å². The van der Waals surface area contributed by atoms with Crippen molar-refractivity contribution in [1.29, 1.82) is 0 Å². The molecule has 0 spiro atoms. The third-order valence-corrected chi connectivity index (χ3v) is 1.54. The van der Waals surface area contributed by atoms with Gasteiger partial charge in [-0.05, 0) is 0 Å². The monoisotopic (exact) mass is 242 g/mol. The number of alkyl halides is 5. The number of hydrogen-bond acceptors (Lipinski definition) is 3. The molecule has 0 heterocycles. The Hall–Kier alpha value is -0.280. The van der Waals surface area contributed by atoms with Crippen LogP contribution in [0.3, 0.4) is 0 Å². The Labute approximate surface area is 79.0 Å². The topological polar surface area (TPSA) is 35.5 Å². The molecule has 1 unspecified atom stereocenters. The highest BCUT2D eigenvalue weighted by atomic mass is 32.2. The predicted molar refractivity (Wildman–Crippen MR) is 36.7 cm³/mol. The number of halogens is 5. The van der Waals surface area contributed by atoms with Crippen molar-refractivity contribution < 1.29 is 34.5 Å². The molecule has 0 fully saturated rings. The van der Waals surface area contributed by atoms with Crippen molar-refractivity contribution in [2.45, 2.75) is 19.0 Å². The van der Waals surface area contributed by atoms with Crippen LogP contribution < -0.4 is 0 Å². The first kappa shape index (κ1) is 13.7. The van der Waals surface area contributed by atoms with Gasteiger partial charge in [0.25, 0.3) is 6.43 Å². The molecule has 0 rings (SSSR count). The van der Waals surface area contributed by atoms with E-state index in [0.29, 0.717) is 0 Å². The molecule has 0 saturated carbocycles. The molecule has 0 aliphatic rings. The van der Waals surface area contributed by atoms with Crippen LogP contribution in [0.4, 0.5) is 22.0 Å². The summed E-state index contributed by atoms with van der Waals surface area (Å²) in [7, 11) is 0. The quantitative estimate of drug-likeness (QED) is 0.666. The maximum absolute atomic E-state index is 11.5. The minimum atomic E-state index is -4.44. The standard InChI is InChI=1S/C5H7F5O3S/c6-4(7)3-13-14(11)12-2-1-5(8,9)10/h4H,1-3H2. The molecule has 9 heteroatoms. The molecule has 0 aliphatic heterocycles. The van der Waals surface area contributed by atoms with Gasteiger partial charge in [-0.1, -0.05) is 0 Å². The van der Waals surface area contributed by atoms with Crippen molar-refractivity contribution in [2.75, 3.05) is 13.2 Å². The molecule has 0 aliphatic carbocycles. The second-order valence-corrected chi connectivity index (χ2v) is 2.95. The molecule has 0 aromatic rings. The van der Waals surface area contributed by atoms with Crippen LogP contribution in [0.5, 0.6) is 0 Å². The normalized spacial score (nSPS) is 14.7. The summed E-state index contributed by atoms with van der Waals surface area (Å²) in [5.74, 6) is 0. The first-order valence-corrected chi connectivity index (χ1v) is 4.34. The van der Waals surface area contributed by atoms with Crippen LogP contribution in [-0.4, -0.2) is 30.0 Å². The van der Waals surface area contributed by atoms with Crippen molar-refractivity contribution in [3.63, 3.8) is 0 Å². The highest BCUT2D eigenvalue weighted by molar-refractivity contribution is 7.75. The SMILES string of the molecule is O=S(OCCC(F)(F)F)OCC(F)F. The summed E-state index contributed by atoms with van der Waals surface area (Å²) < 4.78 is 75.5. The fourth-order valence-electron chi connectivity index (χ4n) is 0.366. The summed E-state index contributed by atoms with van der Waals surface area (Å²) in [5, 5.41) is 0. The molecule has 0 aromatic heterocycles. The Morgan fingerprint density at radius 3 is 2.21 bits per heavy atom. The molecular formula is C5H7F5O3S. The molecule has 86 valence electrons. The molecular weight excluding hydrogens is 235 g/mol. The smallest absolute Gasteiger partial charge is 0.268 e. The Morgan fingerprint density at radius 2 is 1.79 bits per heavy atom. The van der Waals surface area contributed by atoms with Gasteiger partial charge < -0.3 is 0 Å². The fourth-order valence-corrected chi connectivity index (χ4v) is 0.868. The van der Waals surface area contributed by atoms with Crippen LogP contribution >= 0.6 is 0 Å². The summed E-state index contributed by atoms with van der Waals surface area (Å²) in [4.78, 5) is 0. The number of rotatable bonds is 6. The van der Waals surface area contributed by atoms with E-state index in [1.54, 1.807) is 0 Å². The Balaban J connectivity index is 3.46. The molecule has 14 heavy (non-hydrogen) atoms. The lowest BCUT2D eigenvalue weighted by molar-refractivity contribution is -0.139. The Bertz CT molecular complexity index is 183. The fraction of sp³-hybridized carbons (Fsp3) is 1.00. The van der Waals surface area contributed by atoms with Gasteiger partial charge in [-0.15, -0.1) is 0 Å². The van der Waals surface area contributed by atoms with Gasteiger partial charge in [0.2, 0.25) is 0 Å². The van der Waals surface area contributed by atoms with Gasteiger partial charge in [0, 0.05) is 0 Å². The third-order valence-electron chi connectivity index (χ3n) is 0.855. The lowest BCUT2D eigenvalue weighted by Gasteiger charge is -2.05. The molecule has 3 nitrogen and oxygen atoms in total. The van der Waals surface area contributed by atoms with E-state index in [9.17, 15) is 26.2 Å². The van der Waals surface area contributed by atoms with E-state index in [2.05, 4.69) is 8.37 Å². The first-order chi connectivity index (χ1) is 6.31. The zero-order valence-corrected chi connectivity index (χ0v) is 7.54. The van der Waals surface area contributed by atoms with Crippen molar-refractivity contribution >= 4 is 11.4 Å². The van der Waals surface area contributed by atoms with Crippen LogP contribution in [0.1, 0.15) is 6.42 Å². The van der Waals surface area contributed by atoms with Crippen LogP contribution in [0.2, 0.25) is 0 Å². The second kappa shape index (κ2) is 6.25. The van der Waals surface area contributed by atoms with E-state index in [-0.39, 0.29) is 0 Å². The second-order valence-electron chi connectivity index (χ2n) is 2.07. The van der Waals surface area contributed by atoms with E-state index in [1.807, 2.05) is 0 Å². The first-order valence-electron chi connectivity index (χ1n) is 3.34. The Morgan fingerprint density at radius 1 is 1.21 bits per heavy atom. The summed E-state index contributed by atoms with van der Waals surface area (Å²) in [6, 6.07) is 0. The van der Waals surface area contributed by atoms with Crippen molar-refractivity contribution in [3.8, 4) is 0 Å². The summed E-state index contributed by atoms with van der Waals surface area (Å²) >= 11 is -2.56. The van der Waals surface area contributed by atoms with Gasteiger partial charge in [-0.3, -0.25) is 8.37 Å². The summed E-state index contributed by atoms with van der Waals surface area (Å²) in [6.07, 6.45) is -8.59. The highest BCUT2D eigenvalue weighted by Gasteiger charge is 2.27. The van der Waals surface area contributed by atoms with Gasteiger partial charge in [0.05, 0.1) is 13.0 Å². The van der Waals surface area contributed by atoms with Gasteiger partial charge in [0.15, 0.2) is 0 Å². The molecule has 0 radical (unpaired) electrons. The van der Waals surface area contributed by atoms with E-state index in [4.69, 9.17) is 0 Å². The lowest BCUT2D eigenvalue weighted by atomic mass is 10.5. The molecule has 0 bridgehead atoms. The van der Waals surface area contributed by atoms with Crippen LogP contribution in [0, 0.1) is 0 Å². The molecule has 0 saturated heterocycles. The van der Waals surface area contributed by atoms with Crippen LogP contribution in [0.15, 0.2) is 0 Å². The maximum atomic E-state index is 11.5. The molecule has 1 atom stereocenters. The van der Waals surface area contributed by atoms with Gasteiger partial charge in [-0.25, -0.2) is 8.78 Å². The highest BCUT2D eigenvalue weighted by Crippen LogP contribution is 2.19. The van der Waals surface area contributed by atoms with Crippen molar-refractivity contribution in [1.82, 2.24) is 0 Å². The predicted octanol–water partition coefficient (Wildman–Crippen LogP) is 1.82. The third kappa shape index (κ3) is 9.81. The Kier molecular flexibility index (Phi) is 6.12. The minimum absolute atomic E-state index is 0.890. The zero-order valence-electron chi connectivity index (χ0n) is 6.72. The summed E-state index contributed by atoms with van der Waals surface area (Å²) in [5.41, 5.74) is 0. The van der Waals surface area contributed by atoms with E-state index >= 15 is 0 Å². The zero-order chi connectivity index (χ0) is 11.2. The van der Waals surface area contributed by atoms with Crippen molar-refractivity contribution in [2.24, 2.45) is 0 Å². The largest absolute Gasteiger partial charge is 0.391 e. The molecule has 0 amide bonds. The average Bonchev–Trinajstić information content (AvgIpc) is 1.98. The van der Waals surface area contributed by atoms with Gasteiger partial charge in [-0.2, -0.15) is 17.4 Å². The van der Waals surface area contributed by atoms with Gasteiger partial charge in [0.1, 0.15) is 6.61 Å². The summed E-state index contributed by atoms with van der Waals surface area (Å²) in [6.45, 7) is -2.03. The average molecular weight is 242 g/mol. The molecule has 0 N–H and O–H groups in total. The van der Waals surface area contributed by atoms with Crippen LogP contribution in [0.25, 0.3) is 0 Å². The van der Waals surface area contributed by atoms with E-state index < -0.39 is 43.6 Å². The van der Waals surface area contributed by atoms with Crippen LogP contribution in [-0.2, 0) is 19.7 Å².